The first-order chi connectivity index (χ1) is 15.0. The number of hydrogen-bond donors (Lipinski definition) is 4. The molecule has 1 heterocycles. The van der Waals surface area contributed by atoms with Crippen LogP contribution < -0.4 is 11.1 Å². The van der Waals surface area contributed by atoms with Crippen molar-refractivity contribution in [1.29, 1.82) is 5.26 Å². The van der Waals surface area contributed by atoms with E-state index in [4.69, 9.17) is 10.8 Å². The molecule has 0 spiro atoms. The number of carbonyl (C=O) groups excluding carboxylic acids is 1. The molecule has 1 aliphatic carbocycles. The molecule has 170 valence electrons. The molecule has 0 aliphatic heterocycles. The van der Waals surface area contributed by atoms with Crippen molar-refractivity contribution < 1.29 is 33.0 Å². The van der Waals surface area contributed by atoms with Crippen molar-refractivity contribution >= 4 is 23.4 Å². The third kappa shape index (κ3) is 5.00. The zero-order valence-corrected chi connectivity index (χ0v) is 16.6. The number of anilines is 2. The van der Waals surface area contributed by atoms with Gasteiger partial charge in [-0.25, -0.2) is 0 Å². The number of nitriles is 1. The number of alkyl halides is 3. The van der Waals surface area contributed by atoms with Crippen LogP contribution in [0.2, 0.25) is 0 Å². The van der Waals surface area contributed by atoms with Gasteiger partial charge in [0, 0.05) is 11.9 Å². The Morgan fingerprint density at radius 2 is 1.94 bits per heavy atom. The summed E-state index contributed by atoms with van der Waals surface area (Å²) in [6.07, 6.45) is -4.30. The fourth-order valence-electron chi connectivity index (χ4n) is 3.83. The van der Waals surface area contributed by atoms with Crippen LogP contribution in [0.25, 0.3) is 0 Å². The lowest BCUT2D eigenvalue weighted by molar-refractivity contribution is -0.140. The van der Waals surface area contributed by atoms with Crippen LogP contribution in [0.3, 0.4) is 0 Å². The van der Waals surface area contributed by atoms with Gasteiger partial charge < -0.3 is 21.3 Å². The molecule has 0 bridgehead atoms. The fraction of sp³-hybridized carbons (Fsp3) is 0.400. The van der Waals surface area contributed by atoms with E-state index >= 15 is 0 Å². The van der Waals surface area contributed by atoms with Crippen LogP contribution in [0.4, 0.5) is 24.7 Å². The molecule has 1 aromatic carbocycles. The van der Waals surface area contributed by atoms with Gasteiger partial charge in [0.05, 0.1) is 36.1 Å². The Morgan fingerprint density at radius 1 is 1.28 bits per heavy atom. The zero-order valence-electron chi connectivity index (χ0n) is 16.6. The maximum Gasteiger partial charge on any atom is 0.416 e. The second-order valence-electron chi connectivity index (χ2n) is 7.64. The summed E-state index contributed by atoms with van der Waals surface area (Å²) >= 11 is 0. The number of halogens is 3. The number of rotatable bonds is 6. The van der Waals surface area contributed by atoms with Crippen LogP contribution in [-0.2, 0) is 11.0 Å². The van der Waals surface area contributed by atoms with Gasteiger partial charge in [0.2, 0.25) is 0 Å². The Labute approximate surface area is 180 Å². The van der Waals surface area contributed by atoms with E-state index in [1.165, 1.54) is 23.0 Å². The Bertz CT molecular complexity index is 1040. The highest BCUT2D eigenvalue weighted by molar-refractivity contribution is 5.98. The largest absolute Gasteiger partial charge is 0.481 e. The summed E-state index contributed by atoms with van der Waals surface area (Å²) in [7, 11) is 0. The maximum atomic E-state index is 12.7. The molecule has 4 unspecified atom stereocenters. The minimum atomic E-state index is -4.49. The molecule has 0 radical (unpaired) electrons. The lowest BCUT2D eigenvalue weighted by Crippen LogP contribution is -2.37. The fourth-order valence-corrected chi connectivity index (χ4v) is 3.83. The minimum Gasteiger partial charge on any atom is -0.481 e. The third-order valence-electron chi connectivity index (χ3n) is 5.46. The molecule has 12 heteroatoms. The molecule has 9 nitrogen and oxygen atoms in total. The predicted molar refractivity (Wildman–Crippen MR) is 105 cm³/mol. The van der Waals surface area contributed by atoms with E-state index in [1.54, 1.807) is 0 Å². The molecule has 2 aromatic rings. The van der Waals surface area contributed by atoms with Gasteiger partial charge in [0.15, 0.2) is 5.82 Å². The number of nitrogens with one attached hydrogen (secondary N) is 1. The second kappa shape index (κ2) is 8.88. The van der Waals surface area contributed by atoms with Crippen molar-refractivity contribution in [2.24, 2.45) is 17.6 Å². The number of aliphatic hydroxyl groups is 1. The molecule has 32 heavy (non-hydrogen) atoms. The Balaban J connectivity index is 1.86. The zero-order chi connectivity index (χ0) is 23.6. The van der Waals surface area contributed by atoms with E-state index in [0.717, 1.165) is 12.1 Å². The highest BCUT2D eigenvalue weighted by Crippen LogP contribution is 2.39. The molecular weight excluding hydrogens is 431 g/mol. The summed E-state index contributed by atoms with van der Waals surface area (Å²) < 4.78 is 39.6. The van der Waals surface area contributed by atoms with Gasteiger partial charge in [-0.15, -0.1) is 0 Å². The van der Waals surface area contributed by atoms with E-state index in [-0.39, 0.29) is 36.3 Å². The number of aliphatic hydroxyl groups excluding tert-OH is 1. The lowest BCUT2D eigenvalue weighted by Gasteiger charge is -2.35. The second-order valence-corrected chi connectivity index (χ2v) is 7.64. The minimum absolute atomic E-state index is 0.0175. The first-order valence-electron chi connectivity index (χ1n) is 9.62. The molecule has 1 aromatic heterocycles. The van der Waals surface area contributed by atoms with E-state index in [2.05, 4.69) is 16.5 Å². The molecule has 5 N–H and O–H groups in total. The number of carboxylic acid groups (broad SMARTS) is 1. The monoisotopic (exact) mass is 451 g/mol. The summed E-state index contributed by atoms with van der Waals surface area (Å²) in [5.74, 6) is -3.22. The van der Waals surface area contributed by atoms with Crippen molar-refractivity contribution in [2.45, 2.75) is 37.6 Å². The molecule has 1 saturated carbocycles. The summed E-state index contributed by atoms with van der Waals surface area (Å²) in [5.41, 5.74) is 4.74. The Kier molecular flexibility index (Phi) is 6.40. The molecule has 1 fully saturated rings. The quantitative estimate of drug-likeness (QED) is 0.526. The summed E-state index contributed by atoms with van der Waals surface area (Å²) in [6.45, 7) is 0. The molecular formula is C20H20F3N5O4. The summed E-state index contributed by atoms with van der Waals surface area (Å²) in [6, 6.07) is 5.53. The number of nitrogens with two attached hydrogens (primary N) is 1. The normalized spacial score (nSPS) is 23.3. The van der Waals surface area contributed by atoms with E-state index in [0.29, 0.717) is 0 Å². The van der Waals surface area contributed by atoms with Gasteiger partial charge in [0.25, 0.3) is 5.91 Å². The Morgan fingerprint density at radius 3 is 2.47 bits per heavy atom. The van der Waals surface area contributed by atoms with Crippen molar-refractivity contribution in [1.82, 2.24) is 9.78 Å². The van der Waals surface area contributed by atoms with Crippen molar-refractivity contribution in [3.05, 3.63) is 41.6 Å². The SMILES string of the molecule is N#CC1CC(CC(=O)O)C(O)CC1n1cc(C(N)=O)c(Nc2ccc(C(F)(F)F)cc2)n1. The van der Waals surface area contributed by atoms with E-state index in [9.17, 15) is 33.1 Å². The molecule has 1 aliphatic rings. The van der Waals surface area contributed by atoms with Crippen LogP contribution in [0.5, 0.6) is 0 Å². The van der Waals surface area contributed by atoms with Gasteiger partial charge in [-0.05, 0) is 43.0 Å². The van der Waals surface area contributed by atoms with Gasteiger partial charge in [0.1, 0.15) is 5.56 Å². The number of aliphatic carboxylic acids is 1. The van der Waals surface area contributed by atoms with Gasteiger partial charge in [-0.3, -0.25) is 14.3 Å². The Hall–Kier alpha value is -3.59. The van der Waals surface area contributed by atoms with Crippen molar-refractivity contribution in [2.75, 3.05) is 5.32 Å². The average Bonchev–Trinajstić information content (AvgIpc) is 3.12. The first-order valence-corrected chi connectivity index (χ1v) is 9.62. The highest BCUT2D eigenvalue weighted by Gasteiger charge is 2.39. The van der Waals surface area contributed by atoms with Gasteiger partial charge in [-0.1, -0.05) is 0 Å². The molecule has 4 atom stereocenters. The maximum absolute atomic E-state index is 12.7. The number of benzene rings is 1. The number of carbonyl (C=O) groups is 2. The summed E-state index contributed by atoms with van der Waals surface area (Å²) in [4.78, 5) is 22.9. The first kappa shape index (κ1) is 23.1. The van der Waals surface area contributed by atoms with Crippen LogP contribution >= 0.6 is 0 Å². The number of amides is 1. The van der Waals surface area contributed by atoms with E-state index in [1.807, 2.05) is 0 Å². The smallest absolute Gasteiger partial charge is 0.416 e. The van der Waals surface area contributed by atoms with E-state index < -0.39 is 47.6 Å². The topological polar surface area (TPSA) is 154 Å². The van der Waals surface area contributed by atoms with Crippen LogP contribution in [0, 0.1) is 23.2 Å². The van der Waals surface area contributed by atoms with Crippen LogP contribution in [0.15, 0.2) is 30.5 Å². The number of aromatic nitrogens is 2. The third-order valence-corrected chi connectivity index (χ3v) is 5.46. The van der Waals surface area contributed by atoms with Crippen molar-refractivity contribution in [3.63, 3.8) is 0 Å². The number of nitrogens with zero attached hydrogens (tertiary/aromatic N) is 3. The predicted octanol–water partition coefficient (Wildman–Crippen LogP) is 2.67. The van der Waals surface area contributed by atoms with Crippen LogP contribution in [-0.4, -0.2) is 38.0 Å². The number of hydrogen-bond acceptors (Lipinski definition) is 6. The van der Waals surface area contributed by atoms with Crippen molar-refractivity contribution in [3.8, 4) is 6.07 Å². The molecule has 0 saturated heterocycles. The standard InChI is InChI=1S/C20H20F3N5O4/c21-20(22,23)12-1-3-13(4-2-12)26-19-14(18(25)32)9-28(27-19)15-7-16(29)10(6-17(30)31)5-11(15)8-24/h1-4,9-11,15-16,29H,5-7H2,(H2,25,32)(H,26,27)(H,30,31). The summed E-state index contributed by atoms with van der Waals surface area (Å²) in [5, 5.41) is 35.9. The number of primary amides is 1. The van der Waals surface area contributed by atoms with Crippen LogP contribution in [0.1, 0.15) is 41.2 Å². The highest BCUT2D eigenvalue weighted by atomic mass is 19.4. The molecule has 3 rings (SSSR count). The number of carboxylic acids is 1. The lowest BCUT2D eigenvalue weighted by atomic mass is 9.75. The van der Waals surface area contributed by atoms with Gasteiger partial charge >= 0.3 is 12.1 Å². The average molecular weight is 451 g/mol. The molecule has 1 amide bonds. The van der Waals surface area contributed by atoms with Gasteiger partial charge in [-0.2, -0.15) is 23.5 Å².